The van der Waals surface area contributed by atoms with Gasteiger partial charge in [0.15, 0.2) is 0 Å². The highest BCUT2D eigenvalue weighted by Crippen LogP contribution is 2.31. The molecular weight excluding hydrogens is 247 g/mol. The minimum Gasteiger partial charge on any atom is -0.383 e. The molecule has 0 fully saturated rings. The average molecular weight is 261 g/mol. The second kappa shape index (κ2) is 5.86. The third-order valence-corrected chi connectivity index (χ3v) is 2.27. The van der Waals surface area contributed by atoms with E-state index in [1.807, 2.05) is 0 Å². The van der Waals surface area contributed by atoms with Gasteiger partial charge in [-0.15, -0.1) is 0 Å². The van der Waals surface area contributed by atoms with E-state index < -0.39 is 17.6 Å². The molecule has 1 atom stereocenters. The van der Waals surface area contributed by atoms with Gasteiger partial charge in [-0.25, -0.2) is 0 Å². The zero-order valence-corrected chi connectivity index (χ0v) is 10.0. The summed E-state index contributed by atoms with van der Waals surface area (Å²) in [6, 6.07) is 4.32. The molecule has 0 aliphatic carbocycles. The zero-order valence-electron chi connectivity index (χ0n) is 10.0. The molecule has 0 aliphatic rings. The van der Waals surface area contributed by atoms with Gasteiger partial charge in [0.1, 0.15) is 0 Å². The Balaban J connectivity index is 2.93. The van der Waals surface area contributed by atoms with E-state index in [9.17, 15) is 18.0 Å². The predicted molar refractivity (Wildman–Crippen MR) is 60.2 cm³/mol. The van der Waals surface area contributed by atoms with Crippen LogP contribution in [-0.2, 0) is 10.9 Å². The zero-order chi connectivity index (χ0) is 13.8. The topological polar surface area (TPSA) is 38.3 Å². The molecule has 1 unspecified atom stereocenters. The fourth-order valence-corrected chi connectivity index (χ4v) is 1.52. The Morgan fingerprint density at radius 1 is 1.39 bits per heavy atom. The van der Waals surface area contributed by atoms with Gasteiger partial charge >= 0.3 is 6.18 Å². The summed E-state index contributed by atoms with van der Waals surface area (Å²) in [4.78, 5) is 11.7. The Morgan fingerprint density at radius 3 is 2.56 bits per heavy atom. The molecule has 0 bridgehead atoms. The SMILES string of the molecule is COCC(C)NC(=O)c1ccccc1C(F)(F)F. The third-order valence-electron chi connectivity index (χ3n) is 2.27. The number of carbonyl (C=O) groups excluding carboxylic acids is 1. The smallest absolute Gasteiger partial charge is 0.383 e. The summed E-state index contributed by atoms with van der Waals surface area (Å²) in [7, 11) is 1.45. The van der Waals surface area contributed by atoms with E-state index in [-0.39, 0.29) is 18.2 Å². The first-order chi connectivity index (χ1) is 8.36. The van der Waals surface area contributed by atoms with Crippen LogP contribution < -0.4 is 5.32 Å². The van der Waals surface area contributed by atoms with E-state index in [1.165, 1.54) is 19.2 Å². The normalized spacial score (nSPS) is 13.2. The maximum absolute atomic E-state index is 12.7. The fourth-order valence-electron chi connectivity index (χ4n) is 1.52. The van der Waals surface area contributed by atoms with E-state index in [0.29, 0.717) is 0 Å². The Labute approximate surface area is 103 Å². The molecule has 1 amide bonds. The molecule has 0 saturated heterocycles. The summed E-state index contributed by atoms with van der Waals surface area (Å²) in [5.74, 6) is -0.757. The van der Waals surface area contributed by atoms with Crippen molar-refractivity contribution in [2.45, 2.75) is 19.1 Å². The number of ether oxygens (including phenoxy) is 1. The van der Waals surface area contributed by atoms with E-state index in [1.54, 1.807) is 6.92 Å². The molecule has 1 aromatic rings. The van der Waals surface area contributed by atoms with Gasteiger partial charge in [-0.2, -0.15) is 13.2 Å². The minimum absolute atomic E-state index is 0.236. The van der Waals surface area contributed by atoms with Gasteiger partial charge in [0, 0.05) is 13.2 Å². The van der Waals surface area contributed by atoms with Gasteiger partial charge < -0.3 is 10.1 Å². The second-order valence-electron chi connectivity index (χ2n) is 3.87. The summed E-state index contributed by atoms with van der Waals surface area (Å²) in [6.45, 7) is 1.89. The van der Waals surface area contributed by atoms with Crippen molar-refractivity contribution in [2.75, 3.05) is 13.7 Å². The van der Waals surface area contributed by atoms with Crippen molar-refractivity contribution < 1.29 is 22.7 Å². The lowest BCUT2D eigenvalue weighted by molar-refractivity contribution is -0.137. The van der Waals surface area contributed by atoms with Gasteiger partial charge in [-0.3, -0.25) is 4.79 Å². The van der Waals surface area contributed by atoms with Crippen molar-refractivity contribution >= 4 is 5.91 Å². The quantitative estimate of drug-likeness (QED) is 0.904. The first kappa shape index (κ1) is 14.5. The lowest BCUT2D eigenvalue weighted by atomic mass is 10.1. The number of hydrogen-bond acceptors (Lipinski definition) is 2. The molecule has 0 saturated carbocycles. The number of alkyl halides is 3. The van der Waals surface area contributed by atoms with Crippen LogP contribution in [0.25, 0.3) is 0 Å². The summed E-state index contributed by atoms with van der Waals surface area (Å²) < 4.78 is 42.9. The van der Waals surface area contributed by atoms with E-state index in [2.05, 4.69) is 5.32 Å². The van der Waals surface area contributed by atoms with Crippen molar-refractivity contribution in [2.24, 2.45) is 0 Å². The van der Waals surface area contributed by atoms with Crippen LogP contribution in [0.2, 0.25) is 0 Å². The van der Waals surface area contributed by atoms with Crippen LogP contribution in [0.15, 0.2) is 24.3 Å². The number of hydrogen-bond donors (Lipinski definition) is 1. The molecule has 1 rings (SSSR count). The average Bonchev–Trinajstić information content (AvgIpc) is 2.28. The van der Waals surface area contributed by atoms with Gasteiger partial charge in [0.25, 0.3) is 5.91 Å². The molecule has 18 heavy (non-hydrogen) atoms. The van der Waals surface area contributed by atoms with Gasteiger partial charge in [0.2, 0.25) is 0 Å². The lowest BCUT2D eigenvalue weighted by Crippen LogP contribution is -2.36. The molecule has 0 radical (unpaired) electrons. The van der Waals surface area contributed by atoms with Crippen molar-refractivity contribution in [1.29, 1.82) is 0 Å². The Kier molecular flexibility index (Phi) is 4.72. The first-order valence-electron chi connectivity index (χ1n) is 5.32. The second-order valence-corrected chi connectivity index (χ2v) is 3.87. The van der Waals surface area contributed by atoms with E-state index >= 15 is 0 Å². The van der Waals surface area contributed by atoms with Crippen molar-refractivity contribution in [3.63, 3.8) is 0 Å². The fraction of sp³-hybridized carbons (Fsp3) is 0.417. The maximum atomic E-state index is 12.7. The van der Waals surface area contributed by atoms with E-state index in [4.69, 9.17) is 4.74 Å². The molecule has 1 aromatic carbocycles. The van der Waals surface area contributed by atoms with Crippen LogP contribution in [0.1, 0.15) is 22.8 Å². The van der Waals surface area contributed by atoms with Gasteiger partial charge in [-0.1, -0.05) is 12.1 Å². The number of rotatable bonds is 4. The molecular formula is C12H14F3NO2. The van der Waals surface area contributed by atoms with Crippen LogP contribution >= 0.6 is 0 Å². The molecule has 3 nitrogen and oxygen atoms in total. The molecule has 0 aliphatic heterocycles. The summed E-state index contributed by atoms with van der Waals surface area (Å²) in [6.07, 6.45) is -4.54. The summed E-state index contributed by atoms with van der Waals surface area (Å²) in [5, 5.41) is 2.45. The van der Waals surface area contributed by atoms with Crippen molar-refractivity contribution in [3.8, 4) is 0 Å². The van der Waals surface area contributed by atoms with Gasteiger partial charge in [0.05, 0.1) is 17.7 Å². The van der Waals surface area contributed by atoms with Crippen LogP contribution in [-0.4, -0.2) is 25.7 Å². The van der Waals surface area contributed by atoms with Crippen LogP contribution in [0, 0.1) is 0 Å². The highest BCUT2D eigenvalue weighted by Gasteiger charge is 2.34. The van der Waals surface area contributed by atoms with Crippen LogP contribution in [0.5, 0.6) is 0 Å². The number of methoxy groups -OCH3 is 1. The standard InChI is InChI=1S/C12H14F3NO2/c1-8(7-18-2)16-11(17)9-5-3-4-6-10(9)12(13,14)15/h3-6,8H,7H2,1-2H3,(H,16,17). The van der Waals surface area contributed by atoms with Crippen LogP contribution in [0.4, 0.5) is 13.2 Å². The van der Waals surface area contributed by atoms with Gasteiger partial charge in [-0.05, 0) is 19.1 Å². The number of halogens is 3. The highest BCUT2D eigenvalue weighted by molar-refractivity contribution is 5.96. The summed E-state index contributed by atoms with van der Waals surface area (Å²) >= 11 is 0. The first-order valence-corrected chi connectivity index (χ1v) is 5.32. The largest absolute Gasteiger partial charge is 0.417 e. The lowest BCUT2D eigenvalue weighted by Gasteiger charge is -2.16. The Morgan fingerprint density at radius 2 is 2.00 bits per heavy atom. The summed E-state index contributed by atoms with van der Waals surface area (Å²) in [5.41, 5.74) is -1.32. The number of benzene rings is 1. The number of nitrogens with one attached hydrogen (secondary N) is 1. The van der Waals surface area contributed by atoms with Crippen molar-refractivity contribution in [3.05, 3.63) is 35.4 Å². The predicted octanol–water partition coefficient (Wildman–Crippen LogP) is 2.47. The number of amides is 1. The molecule has 6 heteroatoms. The van der Waals surface area contributed by atoms with Crippen molar-refractivity contribution in [1.82, 2.24) is 5.32 Å². The van der Waals surface area contributed by atoms with Crippen LogP contribution in [0.3, 0.4) is 0 Å². The Hall–Kier alpha value is -1.56. The molecule has 0 spiro atoms. The third kappa shape index (κ3) is 3.73. The molecule has 100 valence electrons. The molecule has 0 aromatic heterocycles. The molecule has 0 heterocycles. The Bertz CT molecular complexity index is 418. The number of carbonyl (C=O) groups is 1. The maximum Gasteiger partial charge on any atom is 0.417 e. The van der Waals surface area contributed by atoms with E-state index in [0.717, 1.165) is 12.1 Å². The highest BCUT2D eigenvalue weighted by atomic mass is 19.4. The minimum atomic E-state index is -4.54. The molecule has 1 N–H and O–H groups in total. The monoisotopic (exact) mass is 261 g/mol.